The van der Waals surface area contributed by atoms with Crippen molar-refractivity contribution in [2.45, 2.75) is 20.0 Å². The number of carbonyl (C=O) groups excluding carboxylic acids is 1. The van der Waals surface area contributed by atoms with Gasteiger partial charge in [-0.1, -0.05) is 0 Å². The van der Waals surface area contributed by atoms with Crippen LogP contribution in [0.1, 0.15) is 13.8 Å². The molecular formula is C11H23N3O2. The maximum Gasteiger partial charge on any atom is 0.320 e. The number of nitrogens with zero attached hydrogens (tertiary/aromatic N) is 2. The van der Waals surface area contributed by atoms with Gasteiger partial charge in [-0.2, -0.15) is 0 Å². The molecule has 1 atom stereocenters. The first-order valence-corrected chi connectivity index (χ1v) is 6.02. The zero-order valence-corrected chi connectivity index (χ0v) is 10.5. The van der Waals surface area contributed by atoms with Gasteiger partial charge in [0.1, 0.15) is 0 Å². The lowest BCUT2D eigenvalue weighted by molar-refractivity contribution is -0.0167. The van der Waals surface area contributed by atoms with Crippen LogP contribution in [0.4, 0.5) is 4.79 Å². The molecule has 0 aromatic rings. The molecule has 1 rings (SSSR count). The monoisotopic (exact) mass is 229 g/mol. The molecule has 16 heavy (non-hydrogen) atoms. The Morgan fingerprint density at radius 1 is 1.50 bits per heavy atom. The van der Waals surface area contributed by atoms with Crippen LogP contribution in [0, 0.1) is 0 Å². The molecule has 1 saturated heterocycles. The van der Waals surface area contributed by atoms with Gasteiger partial charge < -0.3 is 19.9 Å². The number of amides is 2. The molecule has 0 aliphatic carbocycles. The summed E-state index contributed by atoms with van der Waals surface area (Å²) in [5, 5.41) is 3.08. The van der Waals surface area contributed by atoms with Crippen LogP contribution >= 0.6 is 0 Å². The predicted molar refractivity (Wildman–Crippen MR) is 63.6 cm³/mol. The van der Waals surface area contributed by atoms with Crippen LogP contribution in [-0.2, 0) is 4.74 Å². The van der Waals surface area contributed by atoms with E-state index in [2.05, 4.69) is 5.32 Å². The molecule has 0 aromatic heterocycles. The Morgan fingerprint density at radius 3 is 2.75 bits per heavy atom. The van der Waals surface area contributed by atoms with Crippen molar-refractivity contribution in [3.63, 3.8) is 0 Å². The Hall–Kier alpha value is -0.810. The van der Waals surface area contributed by atoms with Gasteiger partial charge in [0.05, 0.1) is 12.7 Å². The maximum absolute atomic E-state index is 12.1. The van der Waals surface area contributed by atoms with Gasteiger partial charge in [0.25, 0.3) is 0 Å². The number of hydrogen-bond donors (Lipinski definition) is 1. The molecule has 2 amide bonds. The number of urea groups is 1. The third kappa shape index (κ3) is 3.35. The molecule has 1 aliphatic rings. The topological polar surface area (TPSA) is 44.8 Å². The fourth-order valence-corrected chi connectivity index (χ4v) is 1.94. The molecule has 0 spiro atoms. The van der Waals surface area contributed by atoms with Crippen LogP contribution in [0.2, 0.25) is 0 Å². The summed E-state index contributed by atoms with van der Waals surface area (Å²) in [7, 11) is 1.90. The van der Waals surface area contributed by atoms with Gasteiger partial charge in [0.2, 0.25) is 0 Å². The summed E-state index contributed by atoms with van der Waals surface area (Å²) in [6.07, 6.45) is 0.123. The molecule has 1 unspecified atom stereocenters. The van der Waals surface area contributed by atoms with Crippen LogP contribution < -0.4 is 5.32 Å². The van der Waals surface area contributed by atoms with Crippen LogP contribution in [-0.4, -0.2) is 68.3 Å². The molecule has 0 aromatic carbocycles. The molecule has 0 bridgehead atoms. The molecule has 1 fully saturated rings. The Kier molecular flexibility index (Phi) is 5.55. The summed E-state index contributed by atoms with van der Waals surface area (Å²) < 4.78 is 5.57. The lowest BCUT2D eigenvalue weighted by Crippen LogP contribution is -2.52. The van der Waals surface area contributed by atoms with Crippen LogP contribution in [0.3, 0.4) is 0 Å². The fraction of sp³-hybridized carbons (Fsp3) is 0.909. The number of hydrogen-bond acceptors (Lipinski definition) is 3. The average Bonchev–Trinajstić information content (AvgIpc) is 2.31. The highest BCUT2D eigenvalue weighted by atomic mass is 16.5. The third-order valence-electron chi connectivity index (χ3n) is 2.88. The number of likely N-dealkylation sites (N-methyl/N-ethyl adjacent to an activating group) is 1. The zero-order chi connectivity index (χ0) is 12.0. The first kappa shape index (κ1) is 13.3. The highest BCUT2D eigenvalue weighted by molar-refractivity contribution is 5.74. The number of ether oxygens (including phenoxy) is 1. The summed E-state index contributed by atoms with van der Waals surface area (Å²) in [6.45, 7) is 8.37. The van der Waals surface area contributed by atoms with Gasteiger partial charge >= 0.3 is 6.03 Å². The van der Waals surface area contributed by atoms with Crippen molar-refractivity contribution in [1.82, 2.24) is 15.1 Å². The second-order valence-electron chi connectivity index (χ2n) is 3.95. The molecule has 94 valence electrons. The van der Waals surface area contributed by atoms with Gasteiger partial charge in [0, 0.05) is 32.7 Å². The first-order valence-electron chi connectivity index (χ1n) is 6.02. The average molecular weight is 229 g/mol. The minimum Gasteiger partial charge on any atom is -0.373 e. The highest BCUT2D eigenvalue weighted by Crippen LogP contribution is 2.07. The van der Waals surface area contributed by atoms with Crippen LogP contribution in [0.25, 0.3) is 0 Å². The molecule has 5 nitrogen and oxygen atoms in total. The van der Waals surface area contributed by atoms with Crippen molar-refractivity contribution in [2.75, 3.05) is 46.4 Å². The Bertz CT molecular complexity index is 217. The second kappa shape index (κ2) is 6.70. The number of morpholine rings is 1. The molecule has 1 aliphatic heterocycles. The fourth-order valence-electron chi connectivity index (χ4n) is 1.94. The maximum atomic E-state index is 12.1. The summed E-state index contributed by atoms with van der Waals surface area (Å²) in [6, 6.07) is 0.134. The van der Waals surface area contributed by atoms with E-state index in [1.807, 2.05) is 30.7 Å². The van der Waals surface area contributed by atoms with E-state index in [9.17, 15) is 4.79 Å². The minimum atomic E-state index is 0.123. The van der Waals surface area contributed by atoms with E-state index in [1.54, 1.807) is 0 Å². The molecule has 0 saturated carbocycles. The van der Waals surface area contributed by atoms with Crippen molar-refractivity contribution in [3.05, 3.63) is 0 Å². The van der Waals surface area contributed by atoms with Crippen molar-refractivity contribution in [3.8, 4) is 0 Å². The molecule has 1 N–H and O–H groups in total. The van der Waals surface area contributed by atoms with E-state index in [0.29, 0.717) is 19.7 Å². The van der Waals surface area contributed by atoms with Crippen LogP contribution in [0.15, 0.2) is 0 Å². The van der Waals surface area contributed by atoms with E-state index in [-0.39, 0.29) is 12.1 Å². The van der Waals surface area contributed by atoms with E-state index >= 15 is 0 Å². The molecule has 5 heteroatoms. The third-order valence-corrected chi connectivity index (χ3v) is 2.88. The molecule has 0 radical (unpaired) electrons. The Balaban J connectivity index is 2.49. The van der Waals surface area contributed by atoms with Gasteiger partial charge in [-0.05, 0) is 20.9 Å². The number of nitrogens with one attached hydrogen (secondary N) is 1. The van der Waals surface area contributed by atoms with Crippen LogP contribution in [0.5, 0.6) is 0 Å². The summed E-state index contributed by atoms with van der Waals surface area (Å²) in [4.78, 5) is 15.8. The predicted octanol–water partition coefficient (Wildman–Crippen LogP) is 0.368. The van der Waals surface area contributed by atoms with Crippen molar-refractivity contribution in [2.24, 2.45) is 0 Å². The van der Waals surface area contributed by atoms with Crippen molar-refractivity contribution >= 4 is 6.03 Å². The van der Waals surface area contributed by atoms with E-state index in [0.717, 1.165) is 19.6 Å². The largest absolute Gasteiger partial charge is 0.373 e. The summed E-state index contributed by atoms with van der Waals surface area (Å²) in [5.74, 6) is 0. The number of rotatable bonds is 4. The first-order chi connectivity index (χ1) is 7.72. The van der Waals surface area contributed by atoms with Crippen molar-refractivity contribution in [1.29, 1.82) is 0 Å². The smallest absolute Gasteiger partial charge is 0.320 e. The normalized spacial score (nSPS) is 20.9. The lowest BCUT2D eigenvalue weighted by Gasteiger charge is -2.35. The molecule has 1 heterocycles. The SMILES string of the molecule is CCN(CC)C(=O)N1CCOC(CNC)C1. The number of carbonyl (C=O) groups is 1. The standard InChI is InChI=1S/C11H23N3O2/c1-4-13(5-2)11(15)14-6-7-16-10(9-14)8-12-3/h10,12H,4-9H2,1-3H3. The van der Waals surface area contributed by atoms with Gasteiger partial charge in [-0.15, -0.1) is 0 Å². The minimum absolute atomic E-state index is 0.123. The van der Waals surface area contributed by atoms with Gasteiger partial charge in [0.15, 0.2) is 0 Å². The second-order valence-corrected chi connectivity index (χ2v) is 3.95. The zero-order valence-electron chi connectivity index (χ0n) is 10.5. The van der Waals surface area contributed by atoms with Gasteiger partial charge in [-0.25, -0.2) is 4.79 Å². The Morgan fingerprint density at radius 2 is 2.19 bits per heavy atom. The molecular weight excluding hydrogens is 206 g/mol. The summed E-state index contributed by atoms with van der Waals surface area (Å²) in [5.41, 5.74) is 0. The van der Waals surface area contributed by atoms with Gasteiger partial charge in [-0.3, -0.25) is 0 Å². The Labute approximate surface area is 97.7 Å². The van der Waals surface area contributed by atoms with E-state index in [1.165, 1.54) is 0 Å². The van der Waals surface area contributed by atoms with E-state index in [4.69, 9.17) is 4.74 Å². The quantitative estimate of drug-likeness (QED) is 0.757. The van der Waals surface area contributed by atoms with E-state index < -0.39 is 0 Å². The lowest BCUT2D eigenvalue weighted by atomic mass is 10.3. The highest BCUT2D eigenvalue weighted by Gasteiger charge is 2.25. The summed E-state index contributed by atoms with van der Waals surface area (Å²) >= 11 is 0. The van der Waals surface area contributed by atoms with Crippen molar-refractivity contribution < 1.29 is 9.53 Å².